The van der Waals surface area contributed by atoms with E-state index in [1.54, 1.807) is 37.4 Å². The number of hydrogen-bond acceptors (Lipinski definition) is 5. The van der Waals surface area contributed by atoms with Gasteiger partial charge in [0.15, 0.2) is 11.5 Å². The highest BCUT2D eigenvalue weighted by Gasteiger charge is 2.09. The topological polar surface area (TPSA) is 76.1 Å². The van der Waals surface area contributed by atoms with Crippen LogP contribution >= 0.6 is 11.6 Å². The van der Waals surface area contributed by atoms with Crippen LogP contribution in [0, 0.1) is 0 Å². The van der Waals surface area contributed by atoms with Crippen molar-refractivity contribution in [1.29, 1.82) is 0 Å². The van der Waals surface area contributed by atoms with E-state index in [1.807, 2.05) is 18.2 Å². The van der Waals surface area contributed by atoms with Crippen LogP contribution in [0.25, 0.3) is 0 Å². The van der Waals surface area contributed by atoms with Crippen LogP contribution in [-0.4, -0.2) is 29.8 Å². The van der Waals surface area contributed by atoms with Crippen LogP contribution in [-0.2, 0) is 6.42 Å². The second-order valence-corrected chi connectivity index (χ2v) is 6.55. The summed E-state index contributed by atoms with van der Waals surface area (Å²) < 4.78 is 5.29. The minimum atomic E-state index is -0.243. The average Bonchev–Trinajstić information content (AvgIpc) is 2.72. The fourth-order valence-electron chi connectivity index (χ4n) is 2.67. The maximum absolute atomic E-state index is 12.2. The molecule has 0 saturated heterocycles. The number of methoxy groups -OCH3 is 1. The van der Waals surface area contributed by atoms with Gasteiger partial charge in [-0.05, 0) is 48.7 Å². The maximum atomic E-state index is 12.2. The van der Waals surface area contributed by atoms with Crippen molar-refractivity contribution in [3.8, 4) is 5.75 Å². The Kier molecular flexibility index (Phi) is 6.81. The van der Waals surface area contributed by atoms with Crippen molar-refractivity contribution in [2.75, 3.05) is 19.0 Å². The predicted octanol–water partition coefficient (Wildman–Crippen LogP) is 4.24. The summed E-state index contributed by atoms with van der Waals surface area (Å²) in [6.07, 6.45) is 1.77. The van der Waals surface area contributed by atoms with Gasteiger partial charge in [0, 0.05) is 11.6 Å². The maximum Gasteiger partial charge on any atom is 0.271 e. The summed E-state index contributed by atoms with van der Waals surface area (Å²) in [6, 6.07) is 18.7. The van der Waals surface area contributed by atoms with Crippen LogP contribution in [0.4, 0.5) is 11.5 Å². The van der Waals surface area contributed by atoms with Gasteiger partial charge in [0.25, 0.3) is 5.91 Å². The number of carbonyl (C=O) groups is 1. The highest BCUT2D eigenvalue weighted by atomic mass is 35.5. The van der Waals surface area contributed by atoms with Crippen LogP contribution in [0.3, 0.4) is 0 Å². The molecule has 0 atom stereocenters. The van der Waals surface area contributed by atoms with Gasteiger partial charge in [-0.25, -0.2) is 0 Å². The Labute approximate surface area is 168 Å². The SMILES string of the molecule is COc1ccc(Cl)cc1Nc1ccc(C(=O)NCCCc2ccccc2)nn1. The molecule has 144 valence electrons. The Morgan fingerprint density at radius 2 is 1.89 bits per heavy atom. The molecular weight excluding hydrogens is 376 g/mol. The zero-order valence-electron chi connectivity index (χ0n) is 15.5. The fourth-order valence-corrected chi connectivity index (χ4v) is 2.84. The Hall–Kier alpha value is -3.12. The van der Waals surface area contributed by atoms with Crippen molar-refractivity contribution >= 4 is 29.0 Å². The van der Waals surface area contributed by atoms with Gasteiger partial charge in [0.05, 0.1) is 12.8 Å². The van der Waals surface area contributed by atoms with Crippen LogP contribution in [0.2, 0.25) is 5.02 Å². The highest BCUT2D eigenvalue weighted by Crippen LogP contribution is 2.29. The van der Waals surface area contributed by atoms with E-state index in [1.165, 1.54) is 5.56 Å². The molecule has 2 aromatic carbocycles. The summed E-state index contributed by atoms with van der Waals surface area (Å²) >= 11 is 6.02. The normalized spacial score (nSPS) is 10.4. The first-order valence-electron chi connectivity index (χ1n) is 8.92. The van der Waals surface area contributed by atoms with Gasteiger partial charge in [0.2, 0.25) is 0 Å². The summed E-state index contributed by atoms with van der Waals surface area (Å²) in [5.74, 6) is 0.875. The van der Waals surface area contributed by atoms with E-state index in [0.29, 0.717) is 28.8 Å². The second kappa shape index (κ2) is 9.71. The number of aromatic nitrogens is 2. The molecule has 7 heteroatoms. The molecule has 0 radical (unpaired) electrons. The van der Waals surface area contributed by atoms with Gasteiger partial charge < -0.3 is 15.4 Å². The van der Waals surface area contributed by atoms with Crippen molar-refractivity contribution in [1.82, 2.24) is 15.5 Å². The number of amides is 1. The predicted molar refractivity (Wildman–Crippen MR) is 110 cm³/mol. The van der Waals surface area contributed by atoms with Gasteiger partial charge in [0.1, 0.15) is 5.75 Å². The standard InChI is InChI=1S/C21H21ClN4O2/c1-28-19-11-9-16(22)14-18(19)24-20-12-10-17(25-26-20)21(27)23-13-5-8-15-6-3-2-4-7-15/h2-4,6-7,9-12,14H,5,8,13H2,1H3,(H,23,27)(H,24,26). The molecule has 28 heavy (non-hydrogen) atoms. The lowest BCUT2D eigenvalue weighted by Gasteiger charge is -2.10. The summed E-state index contributed by atoms with van der Waals surface area (Å²) in [4.78, 5) is 12.2. The first-order valence-corrected chi connectivity index (χ1v) is 9.30. The van der Waals surface area contributed by atoms with Crippen molar-refractivity contribution < 1.29 is 9.53 Å². The molecule has 0 aliphatic rings. The molecule has 0 unspecified atom stereocenters. The van der Waals surface area contributed by atoms with Crippen molar-refractivity contribution in [3.05, 3.63) is 76.9 Å². The van der Waals surface area contributed by atoms with Gasteiger partial charge in [-0.2, -0.15) is 0 Å². The first kappa shape index (κ1) is 19.6. The molecule has 0 aliphatic heterocycles. The molecule has 6 nitrogen and oxygen atoms in total. The zero-order valence-corrected chi connectivity index (χ0v) is 16.2. The van der Waals surface area contributed by atoms with Crippen LogP contribution in [0.5, 0.6) is 5.75 Å². The average molecular weight is 397 g/mol. The van der Waals surface area contributed by atoms with Gasteiger partial charge in [-0.15, -0.1) is 10.2 Å². The lowest BCUT2D eigenvalue weighted by molar-refractivity contribution is 0.0947. The molecule has 3 rings (SSSR count). The third kappa shape index (κ3) is 5.44. The number of anilines is 2. The molecule has 0 saturated carbocycles. The van der Waals surface area contributed by atoms with Gasteiger partial charge in [-0.1, -0.05) is 41.9 Å². The van der Waals surface area contributed by atoms with E-state index in [-0.39, 0.29) is 11.6 Å². The molecule has 1 heterocycles. The number of benzene rings is 2. The molecule has 3 aromatic rings. The lowest BCUT2D eigenvalue weighted by atomic mass is 10.1. The van der Waals surface area contributed by atoms with E-state index in [4.69, 9.17) is 16.3 Å². The number of nitrogens with zero attached hydrogens (tertiary/aromatic N) is 2. The van der Waals surface area contributed by atoms with Crippen molar-refractivity contribution in [2.24, 2.45) is 0 Å². The van der Waals surface area contributed by atoms with E-state index in [9.17, 15) is 4.79 Å². The highest BCUT2D eigenvalue weighted by molar-refractivity contribution is 6.31. The van der Waals surface area contributed by atoms with Crippen LogP contribution in [0.15, 0.2) is 60.7 Å². The van der Waals surface area contributed by atoms with E-state index in [0.717, 1.165) is 12.8 Å². The summed E-state index contributed by atoms with van der Waals surface area (Å²) in [5.41, 5.74) is 2.19. The minimum absolute atomic E-state index is 0.243. The van der Waals surface area contributed by atoms with Crippen molar-refractivity contribution in [3.63, 3.8) is 0 Å². The molecule has 0 bridgehead atoms. The largest absolute Gasteiger partial charge is 0.495 e. The number of nitrogens with one attached hydrogen (secondary N) is 2. The third-order valence-electron chi connectivity index (χ3n) is 4.09. The summed E-state index contributed by atoms with van der Waals surface area (Å²) in [7, 11) is 1.57. The van der Waals surface area contributed by atoms with E-state index < -0.39 is 0 Å². The van der Waals surface area contributed by atoms with E-state index in [2.05, 4.69) is 33.0 Å². The monoisotopic (exact) mass is 396 g/mol. The lowest BCUT2D eigenvalue weighted by Crippen LogP contribution is -2.26. The molecule has 0 spiro atoms. The molecule has 0 fully saturated rings. The fraction of sp³-hybridized carbons (Fsp3) is 0.190. The zero-order chi connectivity index (χ0) is 19.8. The summed E-state index contributed by atoms with van der Waals surface area (Å²) in [6.45, 7) is 0.578. The molecule has 0 aliphatic carbocycles. The first-order chi connectivity index (χ1) is 13.7. The smallest absolute Gasteiger partial charge is 0.271 e. The molecular formula is C21H21ClN4O2. The minimum Gasteiger partial charge on any atom is -0.495 e. The quantitative estimate of drug-likeness (QED) is 0.557. The molecule has 1 amide bonds. The van der Waals surface area contributed by atoms with Gasteiger partial charge >= 0.3 is 0 Å². The number of carbonyl (C=O) groups excluding carboxylic acids is 1. The van der Waals surface area contributed by atoms with Gasteiger partial charge in [-0.3, -0.25) is 4.79 Å². The van der Waals surface area contributed by atoms with E-state index >= 15 is 0 Å². The summed E-state index contributed by atoms with van der Waals surface area (Å²) in [5, 5.41) is 14.6. The molecule has 1 aromatic heterocycles. The second-order valence-electron chi connectivity index (χ2n) is 6.12. The van der Waals surface area contributed by atoms with Crippen LogP contribution in [0.1, 0.15) is 22.5 Å². The number of aryl methyl sites for hydroxylation is 1. The van der Waals surface area contributed by atoms with Crippen molar-refractivity contribution in [2.45, 2.75) is 12.8 Å². The third-order valence-corrected chi connectivity index (χ3v) is 4.33. The number of hydrogen-bond donors (Lipinski definition) is 2. The Morgan fingerprint density at radius 1 is 1.07 bits per heavy atom. The number of halogens is 1. The van der Waals surface area contributed by atoms with Crippen LogP contribution < -0.4 is 15.4 Å². The Bertz CT molecular complexity index is 917. The number of ether oxygens (including phenoxy) is 1. The Morgan fingerprint density at radius 3 is 2.61 bits per heavy atom. The molecule has 2 N–H and O–H groups in total. The Balaban J connectivity index is 1.52. The number of rotatable bonds is 8.